The first-order valence-corrected chi connectivity index (χ1v) is 2.69. The van der Waals surface area contributed by atoms with E-state index in [0.717, 1.165) is 5.69 Å². The van der Waals surface area contributed by atoms with Gasteiger partial charge in [-0.05, 0) is 0 Å². The largest absolute Gasteiger partial charge is 0.325 e. The molecule has 0 unspecified atom stereocenters. The molecule has 0 aliphatic carbocycles. The highest BCUT2D eigenvalue weighted by atomic mass is 16.1. The molecule has 0 saturated heterocycles. The smallest absolute Gasteiger partial charge is 0.266 e. The average Bonchev–Trinajstić information content (AvgIpc) is 2.13. The van der Waals surface area contributed by atoms with Crippen LogP contribution in [0.3, 0.4) is 0 Å². The Morgan fingerprint density at radius 3 is 2.78 bits per heavy atom. The lowest BCUT2D eigenvalue weighted by Gasteiger charge is -1.87. The molecule has 0 bridgehead atoms. The number of nitrogens with zero attached hydrogens (tertiary/aromatic N) is 1. The van der Waals surface area contributed by atoms with Gasteiger partial charge in [-0.2, -0.15) is 0 Å². The number of nitrogens with one attached hydrogen (secondary N) is 1. The molecule has 0 aromatic carbocycles. The summed E-state index contributed by atoms with van der Waals surface area (Å²) in [5.74, 6) is 0. The summed E-state index contributed by atoms with van der Waals surface area (Å²) < 4.78 is 1.39. The second kappa shape index (κ2) is 2.06. The van der Waals surface area contributed by atoms with Crippen molar-refractivity contribution in [1.29, 1.82) is 0 Å². The van der Waals surface area contributed by atoms with E-state index in [4.69, 9.17) is 5.73 Å². The van der Waals surface area contributed by atoms with Gasteiger partial charge in [-0.1, -0.05) is 0 Å². The monoisotopic (exact) mass is 127 g/mol. The highest BCUT2D eigenvalue weighted by molar-refractivity contribution is 4.97. The van der Waals surface area contributed by atoms with E-state index >= 15 is 0 Å². The van der Waals surface area contributed by atoms with E-state index in [1.165, 1.54) is 10.7 Å². The van der Waals surface area contributed by atoms with Crippen molar-refractivity contribution in [1.82, 2.24) is 9.78 Å². The Bertz CT molecular complexity index is 247. The molecule has 0 radical (unpaired) electrons. The third-order valence-corrected chi connectivity index (χ3v) is 1.16. The lowest BCUT2D eigenvalue weighted by atomic mass is 10.4. The van der Waals surface area contributed by atoms with Crippen molar-refractivity contribution < 1.29 is 0 Å². The van der Waals surface area contributed by atoms with Crippen molar-refractivity contribution in [2.45, 2.75) is 6.54 Å². The van der Waals surface area contributed by atoms with Gasteiger partial charge in [0.15, 0.2) is 0 Å². The van der Waals surface area contributed by atoms with Gasteiger partial charge in [-0.15, -0.1) is 0 Å². The van der Waals surface area contributed by atoms with E-state index in [2.05, 4.69) is 5.10 Å². The zero-order valence-electron chi connectivity index (χ0n) is 5.22. The number of H-pyrrole nitrogens is 1. The number of rotatable bonds is 1. The van der Waals surface area contributed by atoms with Crippen molar-refractivity contribution in [2.75, 3.05) is 0 Å². The predicted octanol–water partition coefficient (Wildman–Crippen LogP) is -0.828. The Labute approximate surface area is 52.3 Å². The maximum atomic E-state index is 10.7. The van der Waals surface area contributed by atoms with Gasteiger partial charge in [0, 0.05) is 19.7 Å². The molecule has 50 valence electrons. The molecule has 0 aliphatic rings. The molecule has 1 aromatic heterocycles. The summed E-state index contributed by atoms with van der Waals surface area (Å²) in [5.41, 5.74) is 5.97. The summed E-state index contributed by atoms with van der Waals surface area (Å²) in [5, 5.41) is 2.77. The molecule has 0 atom stereocenters. The number of hydrogen-bond donors (Lipinski definition) is 2. The van der Waals surface area contributed by atoms with Gasteiger partial charge in [-0.3, -0.25) is 14.6 Å². The van der Waals surface area contributed by atoms with Gasteiger partial charge < -0.3 is 5.73 Å². The average molecular weight is 127 g/mol. The Morgan fingerprint density at radius 2 is 2.56 bits per heavy atom. The number of aromatic amines is 1. The fraction of sp³-hybridized carbons (Fsp3) is 0.400. The fourth-order valence-corrected chi connectivity index (χ4v) is 0.653. The summed E-state index contributed by atoms with van der Waals surface area (Å²) in [6.07, 6.45) is 0. The zero-order valence-corrected chi connectivity index (χ0v) is 5.22. The number of hydrogen-bond acceptors (Lipinski definition) is 2. The second-order valence-electron chi connectivity index (χ2n) is 1.88. The van der Waals surface area contributed by atoms with Crippen molar-refractivity contribution in [3.8, 4) is 0 Å². The van der Waals surface area contributed by atoms with Crippen LogP contribution in [0.4, 0.5) is 0 Å². The summed E-state index contributed by atoms with van der Waals surface area (Å²) in [6.45, 7) is 0.385. The van der Waals surface area contributed by atoms with Crippen LogP contribution in [0.2, 0.25) is 0 Å². The molecule has 4 heteroatoms. The van der Waals surface area contributed by atoms with Gasteiger partial charge in [0.1, 0.15) is 0 Å². The third-order valence-electron chi connectivity index (χ3n) is 1.16. The van der Waals surface area contributed by atoms with E-state index in [-0.39, 0.29) is 5.56 Å². The van der Waals surface area contributed by atoms with Gasteiger partial charge in [0.25, 0.3) is 5.56 Å². The maximum Gasteiger partial charge on any atom is 0.266 e. The first kappa shape index (κ1) is 6.10. The van der Waals surface area contributed by atoms with Crippen LogP contribution in [-0.2, 0) is 13.6 Å². The third kappa shape index (κ3) is 1.02. The van der Waals surface area contributed by atoms with E-state index in [0.29, 0.717) is 6.54 Å². The SMILES string of the molecule is Cn1[nH]c(CN)cc1=O. The minimum absolute atomic E-state index is 0.0459. The van der Waals surface area contributed by atoms with Gasteiger partial charge in [0.05, 0.1) is 5.69 Å². The number of nitrogens with two attached hydrogens (primary N) is 1. The van der Waals surface area contributed by atoms with Gasteiger partial charge in [0.2, 0.25) is 0 Å². The molecule has 4 nitrogen and oxygen atoms in total. The van der Waals surface area contributed by atoms with E-state index < -0.39 is 0 Å². The Hall–Kier alpha value is -1.03. The number of aryl methyl sites for hydroxylation is 1. The summed E-state index contributed by atoms with van der Waals surface area (Å²) in [6, 6.07) is 1.49. The molecule has 1 rings (SSSR count). The molecule has 0 fully saturated rings. The van der Waals surface area contributed by atoms with Crippen LogP contribution >= 0.6 is 0 Å². The summed E-state index contributed by atoms with van der Waals surface area (Å²) in [7, 11) is 1.65. The highest BCUT2D eigenvalue weighted by Gasteiger charge is 1.93. The highest BCUT2D eigenvalue weighted by Crippen LogP contribution is 1.83. The van der Waals surface area contributed by atoms with Crippen molar-refractivity contribution in [2.24, 2.45) is 12.8 Å². The zero-order chi connectivity index (χ0) is 6.85. The van der Waals surface area contributed by atoms with Crippen molar-refractivity contribution in [3.05, 3.63) is 22.1 Å². The molecule has 0 saturated carbocycles. The lowest BCUT2D eigenvalue weighted by Crippen LogP contribution is -2.09. The van der Waals surface area contributed by atoms with Gasteiger partial charge >= 0.3 is 0 Å². The predicted molar refractivity (Wildman–Crippen MR) is 33.9 cm³/mol. The summed E-state index contributed by atoms with van der Waals surface area (Å²) in [4.78, 5) is 10.7. The molecule has 1 aromatic rings. The van der Waals surface area contributed by atoms with Crippen LogP contribution in [-0.4, -0.2) is 9.78 Å². The Kier molecular flexibility index (Phi) is 1.40. The van der Waals surface area contributed by atoms with E-state index in [9.17, 15) is 4.79 Å². The van der Waals surface area contributed by atoms with Crippen LogP contribution in [0.1, 0.15) is 5.69 Å². The second-order valence-corrected chi connectivity index (χ2v) is 1.88. The van der Waals surface area contributed by atoms with Crippen LogP contribution in [0.5, 0.6) is 0 Å². The maximum absolute atomic E-state index is 10.7. The van der Waals surface area contributed by atoms with E-state index in [1.54, 1.807) is 7.05 Å². The Balaban J connectivity index is 3.13. The molecule has 3 N–H and O–H groups in total. The fourth-order valence-electron chi connectivity index (χ4n) is 0.653. The van der Waals surface area contributed by atoms with Crippen LogP contribution in [0.25, 0.3) is 0 Å². The van der Waals surface area contributed by atoms with Crippen LogP contribution in [0.15, 0.2) is 10.9 Å². The van der Waals surface area contributed by atoms with Crippen LogP contribution in [0, 0.1) is 0 Å². The minimum Gasteiger partial charge on any atom is -0.325 e. The molecule has 1 heterocycles. The first-order chi connectivity index (χ1) is 4.24. The standard InChI is InChI=1S/C5H9N3O/c1-8-5(9)2-4(3-6)7-8/h2,7H,3,6H2,1H3. The van der Waals surface area contributed by atoms with Crippen molar-refractivity contribution >= 4 is 0 Å². The quantitative estimate of drug-likeness (QED) is 0.517. The molecule has 0 spiro atoms. The first-order valence-electron chi connectivity index (χ1n) is 2.69. The molecule has 0 amide bonds. The molecule has 0 aliphatic heterocycles. The van der Waals surface area contributed by atoms with Gasteiger partial charge in [-0.25, -0.2) is 0 Å². The van der Waals surface area contributed by atoms with Crippen molar-refractivity contribution in [3.63, 3.8) is 0 Å². The van der Waals surface area contributed by atoms with Crippen LogP contribution < -0.4 is 11.3 Å². The lowest BCUT2D eigenvalue weighted by molar-refractivity contribution is 0.720. The normalized spacial score (nSPS) is 10.0. The Morgan fingerprint density at radius 1 is 1.89 bits per heavy atom. The summed E-state index contributed by atoms with van der Waals surface area (Å²) >= 11 is 0. The molecular weight excluding hydrogens is 118 g/mol. The van der Waals surface area contributed by atoms with E-state index in [1.807, 2.05) is 0 Å². The molecular formula is C5H9N3O. The minimum atomic E-state index is -0.0459. The topological polar surface area (TPSA) is 63.8 Å². The number of aromatic nitrogens is 2. The molecule has 9 heavy (non-hydrogen) atoms.